The maximum atomic E-state index is 5.59. The van der Waals surface area contributed by atoms with Gasteiger partial charge in [-0.15, -0.1) is 0 Å². The van der Waals surface area contributed by atoms with Crippen LogP contribution in [0.4, 0.5) is 11.8 Å². The zero-order valence-corrected chi connectivity index (χ0v) is 11.0. The second kappa shape index (κ2) is 6.16. The maximum absolute atomic E-state index is 5.59. The van der Waals surface area contributed by atoms with E-state index in [1.54, 1.807) is 6.20 Å². The van der Waals surface area contributed by atoms with Crippen LogP contribution in [0.25, 0.3) is 0 Å². The largest absolute Gasteiger partial charge is 0.378 e. The molecule has 2 fully saturated rings. The van der Waals surface area contributed by atoms with Gasteiger partial charge < -0.3 is 19.7 Å². The van der Waals surface area contributed by atoms with Crippen molar-refractivity contribution in [3.63, 3.8) is 0 Å². The average molecular weight is 264 g/mol. The summed E-state index contributed by atoms with van der Waals surface area (Å²) in [6, 6.07) is 1.90. The summed E-state index contributed by atoms with van der Waals surface area (Å²) >= 11 is 0. The molecule has 1 aromatic rings. The number of aromatic nitrogens is 2. The van der Waals surface area contributed by atoms with Crippen LogP contribution in [0.1, 0.15) is 12.8 Å². The molecule has 0 aromatic carbocycles. The fraction of sp³-hybridized carbons (Fsp3) is 0.692. The molecule has 3 heterocycles. The molecular formula is C13H20N4O2. The van der Waals surface area contributed by atoms with E-state index >= 15 is 0 Å². The molecule has 19 heavy (non-hydrogen) atoms. The highest BCUT2D eigenvalue weighted by Crippen LogP contribution is 2.15. The van der Waals surface area contributed by atoms with E-state index < -0.39 is 0 Å². The van der Waals surface area contributed by atoms with Crippen LogP contribution in [0.5, 0.6) is 0 Å². The first-order valence-electron chi connectivity index (χ1n) is 6.93. The van der Waals surface area contributed by atoms with Gasteiger partial charge in [0.1, 0.15) is 5.82 Å². The van der Waals surface area contributed by atoms with Crippen LogP contribution in [-0.4, -0.2) is 55.5 Å². The third kappa shape index (κ3) is 3.33. The molecule has 0 aliphatic carbocycles. The van der Waals surface area contributed by atoms with E-state index in [9.17, 15) is 0 Å². The molecule has 2 aliphatic rings. The highest BCUT2D eigenvalue weighted by Gasteiger charge is 2.16. The summed E-state index contributed by atoms with van der Waals surface area (Å²) in [7, 11) is 0. The first-order chi connectivity index (χ1) is 9.42. The quantitative estimate of drug-likeness (QED) is 0.872. The van der Waals surface area contributed by atoms with Gasteiger partial charge in [0.2, 0.25) is 5.95 Å². The van der Waals surface area contributed by atoms with E-state index in [-0.39, 0.29) is 0 Å². The van der Waals surface area contributed by atoms with Crippen molar-refractivity contribution in [1.29, 1.82) is 0 Å². The summed E-state index contributed by atoms with van der Waals surface area (Å²) in [4.78, 5) is 11.0. The number of anilines is 2. The van der Waals surface area contributed by atoms with Crippen molar-refractivity contribution in [2.24, 2.45) is 0 Å². The molecule has 1 unspecified atom stereocenters. The van der Waals surface area contributed by atoms with Gasteiger partial charge in [0.05, 0.1) is 19.3 Å². The molecule has 0 radical (unpaired) electrons. The van der Waals surface area contributed by atoms with Gasteiger partial charge in [-0.1, -0.05) is 0 Å². The molecule has 0 saturated carbocycles. The molecular weight excluding hydrogens is 244 g/mol. The fourth-order valence-electron chi connectivity index (χ4n) is 2.39. The van der Waals surface area contributed by atoms with Crippen LogP contribution in [0.15, 0.2) is 12.3 Å². The highest BCUT2D eigenvalue weighted by atomic mass is 16.5. The first-order valence-corrected chi connectivity index (χ1v) is 6.93. The van der Waals surface area contributed by atoms with E-state index in [1.807, 2.05) is 6.07 Å². The molecule has 104 valence electrons. The minimum Gasteiger partial charge on any atom is -0.378 e. The molecule has 0 bridgehead atoms. The zero-order valence-electron chi connectivity index (χ0n) is 11.0. The summed E-state index contributed by atoms with van der Waals surface area (Å²) in [6.07, 6.45) is 4.42. The van der Waals surface area contributed by atoms with Gasteiger partial charge in [0, 0.05) is 32.4 Å². The van der Waals surface area contributed by atoms with Crippen LogP contribution in [0, 0.1) is 0 Å². The van der Waals surface area contributed by atoms with Gasteiger partial charge in [-0.3, -0.25) is 0 Å². The number of rotatable bonds is 4. The molecule has 1 aromatic heterocycles. The van der Waals surface area contributed by atoms with Gasteiger partial charge in [0.25, 0.3) is 0 Å². The molecule has 0 amide bonds. The Bertz CT molecular complexity index is 403. The summed E-state index contributed by atoms with van der Waals surface area (Å²) in [6.45, 7) is 4.91. The molecule has 3 rings (SSSR count). The lowest BCUT2D eigenvalue weighted by Crippen LogP contribution is -2.37. The average Bonchev–Trinajstić information content (AvgIpc) is 3.00. The second-order valence-electron chi connectivity index (χ2n) is 4.86. The summed E-state index contributed by atoms with van der Waals surface area (Å²) in [5.41, 5.74) is 0. The molecule has 1 atom stereocenters. The number of hydrogen-bond donors (Lipinski definition) is 1. The zero-order chi connectivity index (χ0) is 12.9. The number of morpholine rings is 1. The van der Waals surface area contributed by atoms with Crippen molar-refractivity contribution in [2.45, 2.75) is 18.9 Å². The monoisotopic (exact) mass is 264 g/mol. The first kappa shape index (κ1) is 12.6. The van der Waals surface area contributed by atoms with Crippen molar-refractivity contribution in [1.82, 2.24) is 9.97 Å². The van der Waals surface area contributed by atoms with Crippen molar-refractivity contribution in [3.05, 3.63) is 12.3 Å². The SMILES string of the molecule is c1cc(NCC2CCCO2)nc(N2CCOCC2)n1. The molecule has 2 saturated heterocycles. The Balaban J connectivity index is 1.58. The summed E-state index contributed by atoms with van der Waals surface area (Å²) in [5.74, 6) is 1.65. The van der Waals surface area contributed by atoms with Gasteiger partial charge in [-0.05, 0) is 18.9 Å². The van der Waals surface area contributed by atoms with Crippen LogP contribution in [0.2, 0.25) is 0 Å². The topological polar surface area (TPSA) is 59.5 Å². The number of nitrogens with zero attached hydrogens (tertiary/aromatic N) is 3. The van der Waals surface area contributed by atoms with Crippen LogP contribution in [0.3, 0.4) is 0 Å². The predicted octanol–water partition coefficient (Wildman–Crippen LogP) is 0.904. The summed E-state index contributed by atoms with van der Waals surface area (Å²) in [5, 5.41) is 3.33. The number of hydrogen-bond acceptors (Lipinski definition) is 6. The molecule has 2 aliphatic heterocycles. The Morgan fingerprint density at radius 3 is 3.00 bits per heavy atom. The third-order valence-electron chi connectivity index (χ3n) is 3.47. The maximum Gasteiger partial charge on any atom is 0.227 e. The fourth-order valence-corrected chi connectivity index (χ4v) is 2.39. The van der Waals surface area contributed by atoms with E-state index in [2.05, 4.69) is 20.2 Å². The predicted molar refractivity (Wildman–Crippen MR) is 72.5 cm³/mol. The lowest BCUT2D eigenvalue weighted by atomic mass is 10.2. The van der Waals surface area contributed by atoms with Crippen molar-refractivity contribution in [2.75, 3.05) is 49.7 Å². The minimum atomic E-state index is 0.321. The van der Waals surface area contributed by atoms with Crippen molar-refractivity contribution in [3.8, 4) is 0 Å². The Hall–Kier alpha value is -1.40. The Labute approximate surface area is 113 Å². The minimum absolute atomic E-state index is 0.321. The van der Waals surface area contributed by atoms with E-state index in [1.165, 1.54) is 0 Å². The van der Waals surface area contributed by atoms with Crippen molar-refractivity contribution < 1.29 is 9.47 Å². The van der Waals surface area contributed by atoms with Crippen LogP contribution < -0.4 is 10.2 Å². The highest BCUT2D eigenvalue weighted by molar-refractivity contribution is 5.41. The van der Waals surface area contributed by atoms with Gasteiger partial charge in [-0.2, -0.15) is 4.98 Å². The van der Waals surface area contributed by atoms with Gasteiger partial charge in [-0.25, -0.2) is 4.98 Å². The van der Waals surface area contributed by atoms with Gasteiger partial charge in [0.15, 0.2) is 0 Å². The van der Waals surface area contributed by atoms with Gasteiger partial charge >= 0.3 is 0 Å². The normalized spacial score (nSPS) is 23.6. The Morgan fingerprint density at radius 1 is 1.32 bits per heavy atom. The molecule has 6 nitrogen and oxygen atoms in total. The Morgan fingerprint density at radius 2 is 2.21 bits per heavy atom. The van der Waals surface area contributed by atoms with Crippen molar-refractivity contribution >= 4 is 11.8 Å². The second-order valence-corrected chi connectivity index (χ2v) is 4.86. The Kier molecular flexibility index (Phi) is 4.10. The lowest BCUT2D eigenvalue weighted by Gasteiger charge is -2.26. The molecule has 1 N–H and O–H groups in total. The molecule has 6 heteroatoms. The lowest BCUT2D eigenvalue weighted by molar-refractivity contribution is 0.120. The summed E-state index contributed by atoms with van der Waals surface area (Å²) < 4.78 is 10.9. The third-order valence-corrected chi connectivity index (χ3v) is 3.47. The van der Waals surface area contributed by atoms with Crippen LogP contribution in [-0.2, 0) is 9.47 Å². The van der Waals surface area contributed by atoms with Crippen LogP contribution >= 0.6 is 0 Å². The standard InChI is InChI=1S/C13H20N4O2/c1-2-11(19-7-1)10-15-12-3-4-14-13(16-12)17-5-8-18-9-6-17/h3-4,11H,1-2,5-10H2,(H,14,15,16). The van der Waals surface area contributed by atoms with E-state index in [0.29, 0.717) is 6.10 Å². The number of ether oxygens (including phenoxy) is 2. The van der Waals surface area contributed by atoms with E-state index in [4.69, 9.17) is 9.47 Å². The number of nitrogens with one attached hydrogen (secondary N) is 1. The van der Waals surface area contributed by atoms with E-state index in [0.717, 1.165) is 64.1 Å². The smallest absolute Gasteiger partial charge is 0.227 e. The molecule has 0 spiro atoms.